The van der Waals surface area contributed by atoms with Gasteiger partial charge in [-0.15, -0.1) is 11.8 Å². The molecule has 4 N–H and O–H groups in total. The highest BCUT2D eigenvalue weighted by atomic mass is 32.2. The summed E-state index contributed by atoms with van der Waals surface area (Å²) < 4.78 is 20.4. The summed E-state index contributed by atoms with van der Waals surface area (Å²) in [6.07, 6.45) is 0. The Bertz CT molecular complexity index is 530. The third kappa shape index (κ3) is 2.99. The molecule has 1 fully saturated rings. The van der Waals surface area contributed by atoms with E-state index in [-0.39, 0.29) is 12.5 Å². The van der Waals surface area contributed by atoms with Crippen molar-refractivity contribution in [3.8, 4) is 0 Å². The molecular weight excluding hydrogens is 311 g/mol. The van der Waals surface area contributed by atoms with Gasteiger partial charge in [-0.2, -0.15) is 0 Å². The molecule has 9 nitrogen and oxygen atoms in total. The van der Waals surface area contributed by atoms with Crippen molar-refractivity contribution in [3.63, 3.8) is 0 Å². The number of hydrogen-bond donors (Lipinski definition) is 3. The zero-order valence-corrected chi connectivity index (χ0v) is 12.1. The van der Waals surface area contributed by atoms with Gasteiger partial charge < -0.3 is 15.0 Å². The second-order valence-corrected chi connectivity index (χ2v) is 6.48. The highest BCUT2D eigenvalue weighted by Gasteiger charge is 2.52. The Labute approximate surface area is 118 Å². The fraction of sp³-hybridized carbons (Fsp3) is 0.556. The summed E-state index contributed by atoms with van der Waals surface area (Å²) in [4.78, 5) is 41.4. The molecule has 0 aromatic rings. The van der Waals surface area contributed by atoms with Gasteiger partial charge in [-0.3, -0.25) is 24.3 Å². The first kappa shape index (κ1) is 15.3. The van der Waals surface area contributed by atoms with E-state index in [2.05, 4.69) is 4.52 Å². The lowest BCUT2D eigenvalue weighted by atomic mass is 10.1. The lowest BCUT2D eigenvalue weighted by Gasteiger charge is -2.47. The van der Waals surface area contributed by atoms with Crippen molar-refractivity contribution in [1.82, 2.24) is 4.90 Å². The smallest absolute Gasteiger partial charge is 0.461 e. The first-order valence-corrected chi connectivity index (χ1v) is 8.09. The maximum absolute atomic E-state index is 11.7. The van der Waals surface area contributed by atoms with Gasteiger partial charge in [0, 0.05) is 18.2 Å². The Morgan fingerprint density at radius 3 is 2.80 bits per heavy atom. The van der Waals surface area contributed by atoms with Crippen molar-refractivity contribution >= 4 is 31.5 Å². The summed E-state index contributed by atoms with van der Waals surface area (Å²) in [5, 5.41) is -0.426. The van der Waals surface area contributed by atoms with Gasteiger partial charge in [-0.1, -0.05) is 0 Å². The molecule has 2 heterocycles. The molecule has 2 aliphatic rings. The van der Waals surface area contributed by atoms with Crippen LogP contribution in [0.1, 0.15) is 6.92 Å². The summed E-state index contributed by atoms with van der Waals surface area (Å²) in [5.74, 6) is -1.02. The van der Waals surface area contributed by atoms with E-state index in [1.807, 2.05) is 0 Å². The quantitative estimate of drug-likeness (QED) is 0.341. The molecule has 0 bridgehead atoms. The minimum atomic E-state index is -4.84. The maximum atomic E-state index is 11.7. The number of amides is 1. The van der Waals surface area contributed by atoms with Crippen LogP contribution in [0.5, 0.6) is 0 Å². The molecule has 1 amide bonds. The normalized spacial score (nSPS) is 26.0. The number of β-lactam (4-membered cyclic amide) rings is 1. The number of thioether (sulfide) groups is 1. The molecule has 11 heteroatoms. The van der Waals surface area contributed by atoms with Crippen molar-refractivity contribution in [2.75, 3.05) is 12.4 Å². The van der Waals surface area contributed by atoms with Crippen LogP contribution in [0.4, 0.5) is 0 Å². The number of rotatable bonds is 4. The van der Waals surface area contributed by atoms with Gasteiger partial charge in [-0.05, 0) is 0 Å². The summed E-state index contributed by atoms with van der Waals surface area (Å²) in [7, 11) is -4.84. The largest absolute Gasteiger partial charge is 0.525 e. The summed E-state index contributed by atoms with van der Waals surface area (Å²) in [5.41, 5.74) is 5.91. The van der Waals surface area contributed by atoms with E-state index in [4.69, 9.17) is 20.3 Å². The monoisotopic (exact) mass is 324 g/mol. The fourth-order valence-electron chi connectivity index (χ4n) is 1.81. The molecule has 112 valence electrons. The van der Waals surface area contributed by atoms with Crippen LogP contribution in [0.15, 0.2) is 11.5 Å². The third-order valence-electron chi connectivity index (χ3n) is 2.69. The van der Waals surface area contributed by atoms with Crippen LogP contribution in [-0.2, 0) is 23.4 Å². The molecule has 0 aromatic carbocycles. The standard InChI is InChI=1S/C9H13N2O7PS/c1-4(12)17-2-5-3-20-9-6(10)7(13)11(9)8(5)18-19(14,15)16/h6,9H,2-3,10H2,1H3,(H2,14,15,16)/t6-,9+/m1/s1. The zero-order chi connectivity index (χ0) is 15.1. The van der Waals surface area contributed by atoms with E-state index in [1.165, 1.54) is 18.7 Å². The number of fused-ring (bicyclic) bond motifs is 1. The van der Waals surface area contributed by atoms with Gasteiger partial charge in [-0.25, -0.2) is 4.57 Å². The molecule has 0 unspecified atom stereocenters. The van der Waals surface area contributed by atoms with E-state index in [9.17, 15) is 14.2 Å². The molecular formula is C9H13N2O7PS. The van der Waals surface area contributed by atoms with Crippen LogP contribution in [-0.4, -0.2) is 50.3 Å². The highest BCUT2D eigenvalue weighted by molar-refractivity contribution is 8.00. The Kier molecular flexibility index (Phi) is 4.12. The van der Waals surface area contributed by atoms with Crippen LogP contribution < -0.4 is 5.73 Å². The van der Waals surface area contributed by atoms with Crippen molar-refractivity contribution < 1.29 is 33.2 Å². The molecule has 0 aromatic heterocycles. The van der Waals surface area contributed by atoms with Crippen molar-refractivity contribution in [3.05, 3.63) is 11.5 Å². The first-order chi connectivity index (χ1) is 9.20. The van der Waals surface area contributed by atoms with Crippen molar-refractivity contribution in [2.45, 2.75) is 18.3 Å². The summed E-state index contributed by atoms with van der Waals surface area (Å²) in [6.45, 7) is 0.997. The number of carbonyl (C=O) groups excluding carboxylic acids is 2. The number of esters is 1. The van der Waals surface area contributed by atoms with Crippen LogP contribution in [0, 0.1) is 0 Å². The average molecular weight is 324 g/mol. The average Bonchev–Trinajstić information content (AvgIpc) is 2.33. The highest BCUT2D eigenvalue weighted by Crippen LogP contribution is 2.47. The Hall–Kier alpha value is -1.06. The Morgan fingerprint density at radius 1 is 1.60 bits per heavy atom. The van der Waals surface area contributed by atoms with Gasteiger partial charge in [0.05, 0.1) is 0 Å². The Balaban J connectivity index is 2.27. The number of nitrogens with two attached hydrogens (primary N) is 1. The SMILES string of the molecule is CC(=O)OCC1=C(OP(=O)(O)O)N2C(=O)[C@@H](N)[C@@H]2SC1. The minimum absolute atomic E-state index is 0.205. The van der Waals surface area contributed by atoms with E-state index < -0.39 is 31.1 Å². The number of phosphoric ester groups is 1. The van der Waals surface area contributed by atoms with Gasteiger partial charge in [0.2, 0.25) is 11.8 Å². The number of carbonyl (C=O) groups is 2. The third-order valence-corrected chi connectivity index (χ3v) is 4.46. The molecule has 1 saturated heterocycles. The number of nitrogens with zero attached hydrogens (tertiary/aromatic N) is 1. The molecule has 0 radical (unpaired) electrons. The molecule has 2 rings (SSSR count). The molecule has 2 atom stereocenters. The van der Waals surface area contributed by atoms with E-state index in [0.717, 1.165) is 4.90 Å². The van der Waals surface area contributed by atoms with Gasteiger partial charge in [0.1, 0.15) is 18.0 Å². The van der Waals surface area contributed by atoms with Gasteiger partial charge in [0.15, 0.2) is 0 Å². The second kappa shape index (κ2) is 5.38. The fourth-order valence-corrected chi connectivity index (χ4v) is 3.51. The molecule has 2 aliphatic heterocycles. The second-order valence-electron chi connectivity index (χ2n) is 4.21. The molecule has 20 heavy (non-hydrogen) atoms. The van der Waals surface area contributed by atoms with E-state index in [0.29, 0.717) is 11.3 Å². The minimum Gasteiger partial charge on any atom is -0.461 e. The van der Waals surface area contributed by atoms with Gasteiger partial charge in [0.25, 0.3) is 0 Å². The first-order valence-electron chi connectivity index (χ1n) is 5.51. The maximum Gasteiger partial charge on any atom is 0.525 e. The lowest BCUT2D eigenvalue weighted by Crippen LogP contribution is -2.68. The zero-order valence-electron chi connectivity index (χ0n) is 10.4. The number of ether oxygens (including phenoxy) is 1. The molecule has 0 aliphatic carbocycles. The Morgan fingerprint density at radius 2 is 2.25 bits per heavy atom. The van der Waals surface area contributed by atoms with Crippen LogP contribution >= 0.6 is 19.6 Å². The van der Waals surface area contributed by atoms with Gasteiger partial charge >= 0.3 is 13.8 Å². The lowest BCUT2D eigenvalue weighted by molar-refractivity contribution is -0.144. The predicted octanol–water partition coefficient (Wildman–Crippen LogP) is -0.887. The van der Waals surface area contributed by atoms with Crippen LogP contribution in [0.25, 0.3) is 0 Å². The molecule has 0 spiro atoms. The van der Waals surface area contributed by atoms with Crippen molar-refractivity contribution in [2.24, 2.45) is 5.73 Å². The molecule has 0 saturated carbocycles. The van der Waals surface area contributed by atoms with E-state index in [1.54, 1.807) is 0 Å². The number of hydrogen-bond acceptors (Lipinski definition) is 7. The van der Waals surface area contributed by atoms with Crippen LogP contribution in [0.2, 0.25) is 0 Å². The summed E-state index contributed by atoms with van der Waals surface area (Å²) >= 11 is 1.31. The summed E-state index contributed by atoms with van der Waals surface area (Å²) in [6, 6.07) is -0.731. The van der Waals surface area contributed by atoms with Crippen LogP contribution in [0.3, 0.4) is 0 Å². The number of phosphoric acid groups is 1. The van der Waals surface area contributed by atoms with Crippen molar-refractivity contribution in [1.29, 1.82) is 0 Å². The topological polar surface area (TPSA) is 139 Å². The predicted molar refractivity (Wildman–Crippen MR) is 67.9 cm³/mol. The van der Waals surface area contributed by atoms with E-state index >= 15 is 0 Å².